The maximum atomic E-state index is 11.5. The highest BCUT2D eigenvalue weighted by Gasteiger charge is 2.41. The van der Waals surface area contributed by atoms with Gasteiger partial charge >= 0.3 is 0 Å². The summed E-state index contributed by atoms with van der Waals surface area (Å²) in [6.45, 7) is 7.59. The number of benzene rings is 1. The van der Waals surface area contributed by atoms with Gasteiger partial charge in [-0.3, -0.25) is 4.79 Å². The van der Waals surface area contributed by atoms with Gasteiger partial charge < -0.3 is 10.2 Å². The zero-order valence-electron chi connectivity index (χ0n) is 14.6. The van der Waals surface area contributed by atoms with Gasteiger partial charge in [0.2, 0.25) is 5.91 Å². The molecule has 2 aliphatic rings. The number of likely N-dealkylation sites (tertiary alicyclic amines) is 1. The molecule has 1 heterocycles. The van der Waals surface area contributed by atoms with Gasteiger partial charge in [0, 0.05) is 8.35 Å². The van der Waals surface area contributed by atoms with Crippen molar-refractivity contribution >= 4 is 5.91 Å². The molecule has 0 bridgehead atoms. The molecule has 1 spiro atoms. The Bertz CT molecular complexity index is 552. The Hall–Kier alpha value is -1.35. The number of amides is 1. The Kier molecular flexibility index (Phi) is 5.05. The van der Waals surface area contributed by atoms with Crippen molar-refractivity contribution in [1.82, 2.24) is 10.2 Å². The molecule has 1 fully saturated rings. The van der Waals surface area contributed by atoms with Crippen molar-refractivity contribution in [1.29, 1.82) is 0 Å². The normalized spacial score (nSPS) is 23.5. The van der Waals surface area contributed by atoms with Gasteiger partial charge in [0.15, 0.2) is 0 Å². The van der Waals surface area contributed by atoms with Crippen molar-refractivity contribution in [3.05, 3.63) is 35.4 Å². The van der Waals surface area contributed by atoms with Gasteiger partial charge in [-0.1, -0.05) is 37.6 Å². The van der Waals surface area contributed by atoms with Gasteiger partial charge in [0.05, 0.1) is 6.04 Å². The largest absolute Gasteiger partial charge is 0.350 e. The van der Waals surface area contributed by atoms with Crippen LogP contribution >= 0.6 is 0 Å². The second-order valence-electron chi connectivity index (χ2n) is 7.35. The Morgan fingerprint density at radius 2 is 2.04 bits per heavy atom. The predicted molar refractivity (Wildman–Crippen MR) is 96.6 cm³/mol. The van der Waals surface area contributed by atoms with E-state index >= 15 is 0 Å². The third-order valence-electron chi connectivity index (χ3n) is 5.84. The molecule has 3 heteroatoms. The van der Waals surface area contributed by atoms with Gasteiger partial charge in [-0.05, 0) is 68.3 Å². The van der Waals surface area contributed by atoms with Crippen molar-refractivity contribution in [2.24, 2.45) is 0 Å². The molecule has 1 atom stereocenters. The molecular weight excluding hydrogens is 284 g/mol. The van der Waals surface area contributed by atoms with E-state index in [-0.39, 0.29) is 13.4 Å². The van der Waals surface area contributed by atoms with Crippen LogP contribution < -0.4 is 5.32 Å². The lowest BCUT2D eigenvalue weighted by atomic mass is 9.63. The van der Waals surface area contributed by atoms with Crippen LogP contribution in [0, 0.1) is 0 Å². The summed E-state index contributed by atoms with van der Waals surface area (Å²) in [7, 11) is 0. The molecular formula is C20H32N2O. The molecule has 1 aliphatic heterocycles. The highest BCUT2D eigenvalue weighted by atomic mass is 16.1. The number of nitrogens with one attached hydrogen (secondary N) is 1. The Morgan fingerprint density at radius 1 is 1.30 bits per heavy atom. The predicted octanol–water partition coefficient (Wildman–Crippen LogP) is 4.04. The van der Waals surface area contributed by atoms with E-state index in [1.165, 1.54) is 62.9 Å². The molecule has 1 aromatic rings. The van der Waals surface area contributed by atoms with E-state index in [1.54, 1.807) is 6.92 Å². The maximum absolute atomic E-state index is 11.5. The van der Waals surface area contributed by atoms with Crippen LogP contribution in [0.25, 0.3) is 0 Å². The minimum Gasteiger partial charge on any atom is -0.350 e. The van der Waals surface area contributed by atoms with E-state index in [0.29, 0.717) is 5.41 Å². The van der Waals surface area contributed by atoms with Crippen molar-refractivity contribution in [2.45, 2.75) is 63.8 Å². The lowest BCUT2D eigenvalue weighted by Gasteiger charge is -2.47. The number of carbonyl (C=O) groups is 1. The van der Waals surface area contributed by atoms with Crippen molar-refractivity contribution in [2.75, 3.05) is 19.6 Å². The number of fused-ring (bicyclic) bond motifs is 2. The Balaban J connectivity index is 0.00000208. The molecule has 0 aromatic heterocycles. The van der Waals surface area contributed by atoms with E-state index in [2.05, 4.69) is 41.4 Å². The molecule has 0 unspecified atom stereocenters. The first-order valence-electron chi connectivity index (χ1n) is 9.23. The van der Waals surface area contributed by atoms with Crippen LogP contribution in [0.3, 0.4) is 0 Å². The smallest absolute Gasteiger partial charge is 0.217 e. The Morgan fingerprint density at radius 3 is 2.74 bits per heavy atom. The lowest BCUT2D eigenvalue weighted by Crippen LogP contribution is -2.46. The van der Waals surface area contributed by atoms with Crippen molar-refractivity contribution < 1.29 is 6.22 Å². The molecule has 1 aromatic carbocycles. The van der Waals surface area contributed by atoms with Gasteiger partial charge in [-0.15, -0.1) is 0 Å². The summed E-state index contributed by atoms with van der Waals surface area (Å²) in [6, 6.07) is 9.02. The third kappa shape index (κ3) is 3.45. The lowest BCUT2D eigenvalue weighted by molar-refractivity contribution is -0.119. The maximum Gasteiger partial charge on any atom is 0.217 e. The second-order valence-corrected chi connectivity index (χ2v) is 7.35. The van der Waals surface area contributed by atoms with Crippen LogP contribution in [-0.4, -0.2) is 30.4 Å². The molecule has 3 nitrogen and oxygen atoms in total. The molecule has 1 amide bonds. The number of piperidine rings is 1. The van der Waals surface area contributed by atoms with Crippen LogP contribution in [0.4, 0.5) is 0 Å². The standard InChI is InChI=1S/C20H30N2O.H2/c1-3-4-13-22-14-11-20(12-15-22)10-9-19(21-16(2)23)17-7-5-6-8-18(17)20;/h5-8,19H,3-4,9-15H2,1-2H3,(H,21,23);1H/t19-;/m0./s1. The summed E-state index contributed by atoms with van der Waals surface area (Å²) < 4.78 is 0. The monoisotopic (exact) mass is 316 g/mol. The van der Waals surface area contributed by atoms with E-state index < -0.39 is 0 Å². The number of rotatable bonds is 4. The number of nitrogens with zero attached hydrogens (tertiary/aromatic N) is 1. The van der Waals surface area contributed by atoms with Gasteiger partial charge in [0.1, 0.15) is 0 Å². The number of carbonyl (C=O) groups excluding carboxylic acids is 1. The van der Waals surface area contributed by atoms with Crippen molar-refractivity contribution in [3.63, 3.8) is 0 Å². The molecule has 1 aliphatic carbocycles. The summed E-state index contributed by atoms with van der Waals surface area (Å²) in [5.41, 5.74) is 3.20. The fourth-order valence-electron chi connectivity index (χ4n) is 4.50. The molecule has 1 saturated heterocycles. The second kappa shape index (κ2) is 7.04. The zero-order valence-corrected chi connectivity index (χ0v) is 14.6. The summed E-state index contributed by atoms with van der Waals surface area (Å²) in [5, 5.41) is 3.15. The third-order valence-corrected chi connectivity index (χ3v) is 5.84. The fraction of sp³-hybridized carbons (Fsp3) is 0.650. The summed E-state index contributed by atoms with van der Waals surface area (Å²) in [6.07, 6.45) is 7.40. The van der Waals surface area contributed by atoms with E-state index in [0.717, 1.165) is 6.42 Å². The van der Waals surface area contributed by atoms with E-state index in [1.807, 2.05) is 0 Å². The number of hydrogen-bond donors (Lipinski definition) is 1. The van der Waals surface area contributed by atoms with Crippen LogP contribution in [0.5, 0.6) is 0 Å². The van der Waals surface area contributed by atoms with E-state index in [4.69, 9.17) is 0 Å². The van der Waals surface area contributed by atoms with Crippen LogP contribution in [-0.2, 0) is 10.2 Å². The number of unbranched alkanes of at least 4 members (excludes halogenated alkanes) is 1. The first kappa shape index (κ1) is 16.5. The zero-order chi connectivity index (χ0) is 16.3. The van der Waals surface area contributed by atoms with E-state index in [9.17, 15) is 4.79 Å². The summed E-state index contributed by atoms with van der Waals surface area (Å²) in [4.78, 5) is 14.2. The van der Waals surface area contributed by atoms with Gasteiger partial charge in [-0.25, -0.2) is 0 Å². The molecule has 3 rings (SSSR count). The fourth-order valence-corrected chi connectivity index (χ4v) is 4.50. The average Bonchev–Trinajstić information content (AvgIpc) is 2.57. The molecule has 23 heavy (non-hydrogen) atoms. The summed E-state index contributed by atoms with van der Waals surface area (Å²) in [5.74, 6) is 0.0788. The Labute approximate surface area is 141 Å². The highest BCUT2D eigenvalue weighted by Crippen LogP contribution is 2.47. The molecule has 128 valence electrons. The van der Waals surface area contributed by atoms with Crippen LogP contribution in [0.1, 0.15) is 71.0 Å². The SMILES string of the molecule is CCCCN1CCC2(CC[C@H](NC(C)=O)c3ccccc32)CC1.[HH]. The number of hydrogen-bond acceptors (Lipinski definition) is 2. The molecule has 0 radical (unpaired) electrons. The highest BCUT2D eigenvalue weighted by molar-refractivity contribution is 5.73. The quantitative estimate of drug-likeness (QED) is 0.909. The summed E-state index contributed by atoms with van der Waals surface area (Å²) >= 11 is 0. The first-order chi connectivity index (χ1) is 11.1. The minimum absolute atomic E-state index is 0. The van der Waals surface area contributed by atoms with Gasteiger partial charge in [0.25, 0.3) is 0 Å². The van der Waals surface area contributed by atoms with Crippen LogP contribution in [0.2, 0.25) is 0 Å². The first-order valence-corrected chi connectivity index (χ1v) is 9.23. The van der Waals surface area contributed by atoms with Crippen LogP contribution in [0.15, 0.2) is 24.3 Å². The van der Waals surface area contributed by atoms with Crippen molar-refractivity contribution in [3.8, 4) is 0 Å². The minimum atomic E-state index is 0. The topological polar surface area (TPSA) is 32.3 Å². The van der Waals surface area contributed by atoms with Gasteiger partial charge in [-0.2, -0.15) is 0 Å². The molecule has 0 saturated carbocycles. The molecule has 1 N–H and O–H groups in total. The average molecular weight is 316 g/mol.